The monoisotopic (exact) mass is 298 g/mol. The van der Waals surface area contributed by atoms with E-state index in [1.165, 1.54) is 6.42 Å². The molecule has 1 aliphatic heterocycles. The van der Waals surface area contributed by atoms with Crippen LogP contribution in [0.2, 0.25) is 0 Å². The first-order chi connectivity index (χ1) is 8.24. The second kappa shape index (κ2) is 5.78. The third kappa shape index (κ3) is 2.96. The molecule has 1 aliphatic rings. The van der Waals surface area contributed by atoms with E-state index in [9.17, 15) is 0 Å². The van der Waals surface area contributed by atoms with Gasteiger partial charge in [0.2, 0.25) is 0 Å². The molecule has 0 aliphatic carbocycles. The molecule has 1 unspecified atom stereocenters. The molecule has 94 valence electrons. The molecule has 0 N–H and O–H groups in total. The van der Waals surface area contributed by atoms with E-state index in [0.717, 1.165) is 36.6 Å². The van der Waals surface area contributed by atoms with E-state index in [2.05, 4.69) is 49.5 Å². The summed E-state index contributed by atoms with van der Waals surface area (Å²) in [6, 6.07) is 2.66. The number of halogens is 1. The van der Waals surface area contributed by atoms with Gasteiger partial charge >= 0.3 is 0 Å². The van der Waals surface area contributed by atoms with Crippen LogP contribution in [0.5, 0.6) is 0 Å². The van der Waals surface area contributed by atoms with E-state index >= 15 is 0 Å². The first kappa shape index (κ1) is 12.8. The van der Waals surface area contributed by atoms with Gasteiger partial charge in [0.15, 0.2) is 0 Å². The summed E-state index contributed by atoms with van der Waals surface area (Å²) in [6.45, 7) is 8.88. The molecule has 1 aromatic rings. The van der Waals surface area contributed by atoms with Crippen molar-refractivity contribution < 1.29 is 0 Å². The first-order valence-corrected chi connectivity index (χ1v) is 7.00. The van der Waals surface area contributed by atoms with Gasteiger partial charge in [0.25, 0.3) is 0 Å². The quantitative estimate of drug-likeness (QED) is 0.798. The Labute approximate surface area is 111 Å². The number of likely N-dealkylation sites (N-methyl/N-ethyl adjacent to an activating group) is 1. The highest BCUT2D eigenvalue weighted by Crippen LogP contribution is 2.22. The van der Waals surface area contributed by atoms with E-state index < -0.39 is 0 Å². The van der Waals surface area contributed by atoms with Crippen LogP contribution in [0.25, 0.3) is 0 Å². The van der Waals surface area contributed by atoms with Gasteiger partial charge in [0.05, 0.1) is 0 Å². The van der Waals surface area contributed by atoms with Crippen LogP contribution in [0.1, 0.15) is 20.3 Å². The predicted octanol–water partition coefficient (Wildman–Crippen LogP) is 2.16. The lowest BCUT2D eigenvalue weighted by Crippen LogP contribution is -2.37. The lowest BCUT2D eigenvalue weighted by atomic mass is 10.2. The Morgan fingerprint density at radius 1 is 1.41 bits per heavy atom. The maximum Gasteiger partial charge on any atom is 0.133 e. The predicted molar refractivity (Wildman–Crippen MR) is 73.3 cm³/mol. The highest BCUT2D eigenvalue weighted by atomic mass is 79.9. The van der Waals surface area contributed by atoms with Gasteiger partial charge in [-0.3, -0.25) is 4.90 Å². The van der Waals surface area contributed by atoms with Crippen LogP contribution < -0.4 is 4.90 Å². The molecule has 1 fully saturated rings. The van der Waals surface area contributed by atoms with Crippen LogP contribution in [0.15, 0.2) is 17.0 Å². The third-order valence-corrected chi connectivity index (χ3v) is 3.87. The second-order valence-corrected chi connectivity index (χ2v) is 5.12. The largest absolute Gasteiger partial charge is 0.355 e. The summed E-state index contributed by atoms with van der Waals surface area (Å²) in [7, 11) is 0. The average Bonchev–Trinajstić information content (AvgIpc) is 2.80. The normalized spacial score (nSPS) is 20.2. The summed E-state index contributed by atoms with van der Waals surface area (Å²) >= 11 is 3.39. The van der Waals surface area contributed by atoms with Gasteiger partial charge in [-0.25, -0.2) is 9.97 Å². The molecule has 0 spiro atoms. The number of hydrogen-bond acceptors (Lipinski definition) is 4. The van der Waals surface area contributed by atoms with Crippen LogP contribution in [-0.2, 0) is 0 Å². The van der Waals surface area contributed by atoms with E-state index in [0.29, 0.717) is 6.04 Å². The van der Waals surface area contributed by atoms with Crippen LogP contribution >= 0.6 is 15.9 Å². The molecular weight excluding hydrogens is 280 g/mol. The van der Waals surface area contributed by atoms with Crippen molar-refractivity contribution in [3.63, 3.8) is 0 Å². The summed E-state index contributed by atoms with van der Waals surface area (Å²) in [4.78, 5) is 13.3. The molecule has 0 saturated carbocycles. The molecule has 0 aromatic carbocycles. The van der Waals surface area contributed by atoms with E-state index in [-0.39, 0.29) is 0 Å². The Kier molecular flexibility index (Phi) is 4.34. The second-order valence-electron chi connectivity index (χ2n) is 4.31. The summed E-state index contributed by atoms with van der Waals surface area (Å²) in [6.07, 6.45) is 2.84. The van der Waals surface area contributed by atoms with Crippen LogP contribution in [0, 0.1) is 0 Å². The molecule has 4 nitrogen and oxygen atoms in total. The van der Waals surface area contributed by atoms with Crippen molar-refractivity contribution in [3.05, 3.63) is 17.0 Å². The van der Waals surface area contributed by atoms with Crippen molar-refractivity contribution in [2.75, 3.05) is 31.1 Å². The van der Waals surface area contributed by atoms with Crippen LogP contribution in [0.3, 0.4) is 0 Å². The lowest BCUT2D eigenvalue weighted by Gasteiger charge is -2.26. The van der Waals surface area contributed by atoms with Crippen molar-refractivity contribution in [3.8, 4) is 0 Å². The van der Waals surface area contributed by atoms with Crippen molar-refractivity contribution in [1.29, 1.82) is 0 Å². The minimum Gasteiger partial charge on any atom is -0.355 e. The molecule has 0 radical (unpaired) electrons. The standard InChI is InChI=1S/C12H19BrN4/c1-3-16(4-2)10-5-6-17(8-10)12-7-11(13)14-9-15-12/h7,9-10H,3-6,8H2,1-2H3. The molecule has 0 bridgehead atoms. The van der Waals surface area contributed by atoms with Gasteiger partial charge in [0, 0.05) is 25.2 Å². The fourth-order valence-electron chi connectivity index (χ4n) is 2.49. The fourth-order valence-corrected chi connectivity index (χ4v) is 2.78. The molecule has 5 heteroatoms. The molecule has 1 atom stereocenters. The zero-order valence-electron chi connectivity index (χ0n) is 10.4. The maximum atomic E-state index is 4.33. The van der Waals surface area contributed by atoms with Crippen molar-refractivity contribution in [1.82, 2.24) is 14.9 Å². The van der Waals surface area contributed by atoms with E-state index in [4.69, 9.17) is 0 Å². The minimum absolute atomic E-state index is 0.666. The zero-order chi connectivity index (χ0) is 12.3. The Balaban J connectivity index is 2.02. The Hall–Kier alpha value is -0.680. The molecule has 0 amide bonds. The Morgan fingerprint density at radius 3 is 2.82 bits per heavy atom. The average molecular weight is 299 g/mol. The van der Waals surface area contributed by atoms with Gasteiger partial charge in [-0.05, 0) is 35.4 Å². The summed E-state index contributed by atoms with van der Waals surface area (Å²) < 4.78 is 0.855. The first-order valence-electron chi connectivity index (χ1n) is 6.21. The Morgan fingerprint density at radius 2 is 2.18 bits per heavy atom. The number of anilines is 1. The highest BCUT2D eigenvalue weighted by Gasteiger charge is 2.26. The molecule has 2 heterocycles. The van der Waals surface area contributed by atoms with Crippen molar-refractivity contribution in [2.45, 2.75) is 26.3 Å². The van der Waals surface area contributed by atoms with Gasteiger partial charge in [-0.1, -0.05) is 13.8 Å². The topological polar surface area (TPSA) is 32.3 Å². The molecular formula is C12H19BrN4. The van der Waals surface area contributed by atoms with Crippen molar-refractivity contribution >= 4 is 21.7 Å². The molecule has 1 aromatic heterocycles. The number of aromatic nitrogens is 2. The minimum atomic E-state index is 0.666. The smallest absolute Gasteiger partial charge is 0.133 e. The summed E-state index contributed by atoms with van der Waals surface area (Å²) in [5.74, 6) is 1.03. The molecule has 1 saturated heterocycles. The van der Waals surface area contributed by atoms with Crippen LogP contribution in [-0.4, -0.2) is 47.1 Å². The third-order valence-electron chi connectivity index (χ3n) is 3.44. The molecule has 17 heavy (non-hydrogen) atoms. The number of nitrogens with zero attached hydrogens (tertiary/aromatic N) is 4. The van der Waals surface area contributed by atoms with E-state index in [1.807, 2.05) is 6.07 Å². The van der Waals surface area contributed by atoms with Gasteiger partial charge in [-0.2, -0.15) is 0 Å². The summed E-state index contributed by atoms with van der Waals surface area (Å²) in [5, 5.41) is 0. The van der Waals surface area contributed by atoms with Gasteiger partial charge in [0.1, 0.15) is 16.7 Å². The van der Waals surface area contributed by atoms with Gasteiger partial charge < -0.3 is 4.90 Å². The maximum absolute atomic E-state index is 4.33. The highest BCUT2D eigenvalue weighted by molar-refractivity contribution is 9.10. The fraction of sp³-hybridized carbons (Fsp3) is 0.667. The van der Waals surface area contributed by atoms with Crippen LogP contribution in [0.4, 0.5) is 5.82 Å². The number of rotatable bonds is 4. The summed E-state index contributed by atoms with van der Waals surface area (Å²) in [5.41, 5.74) is 0. The van der Waals surface area contributed by atoms with Crippen molar-refractivity contribution in [2.24, 2.45) is 0 Å². The number of hydrogen-bond donors (Lipinski definition) is 0. The van der Waals surface area contributed by atoms with E-state index in [1.54, 1.807) is 6.33 Å². The lowest BCUT2D eigenvalue weighted by molar-refractivity contribution is 0.232. The SMILES string of the molecule is CCN(CC)C1CCN(c2cc(Br)ncn2)C1. The Bertz CT molecular complexity index is 367. The zero-order valence-corrected chi connectivity index (χ0v) is 12.0. The molecule has 2 rings (SSSR count). The van der Waals surface area contributed by atoms with Gasteiger partial charge in [-0.15, -0.1) is 0 Å².